The van der Waals surface area contributed by atoms with Gasteiger partial charge in [-0.1, -0.05) is 30.0 Å². The summed E-state index contributed by atoms with van der Waals surface area (Å²) in [5, 5.41) is 12.1. The van der Waals surface area contributed by atoms with E-state index in [2.05, 4.69) is 57.8 Å². The Kier molecular flexibility index (Phi) is 4.67. The Morgan fingerprint density at radius 3 is 2.80 bits per heavy atom. The molecule has 0 fully saturated rings. The number of thioether (sulfide) groups is 1. The molecule has 0 saturated heterocycles. The van der Waals surface area contributed by atoms with Gasteiger partial charge in [0.2, 0.25) is 0 Å². The lowest BCUT2D eigenvalue weighted by molar-refractivity contribution is 0.627. The minimum atomic E-state index is -0.241. The molecule has 5 nitrogen and oxygen atoms in total. The third-order valence-electron chi connectivity index (χ3n) is 5.23. The monoisotopic (exact) mass is 417 g/mol. The Balaban J connectivity index is 1.33. The molecule has 0 aliphatic carbocycles. The fourth-order valence-electron chi connectivity index (χ4n) is 3.86. The quantitative estimate of drug-likeness (QED) is 0.373. The highest BCUT2D eigenvalue weighted by Crippen LogP contribution is 2.30. The van der Waals surface area contributed by atoms with E-state index in [9.17, 15) is 4.39 Å². The van der Waals surface area contributed by atoms with Gasteiger partial charge in [-0.15, -0.1) is 0 Å². The van der Waals surface area contributed by atoms with Crippen LogP contribution >= 0.6 is 11.8 Å². The first-order valence-electron chi connectivity index (χ1n) is 9.61. The van der Waals surface area contributed by atoms with Crippen LogP contribution in [0.15, 0.2) is 65.1 Å². The van der Waals surface area contributed by atoms with Crippen molar-refractivity contribution in [2.45, 2.75) is 12.4 Å². The average molecular weight is 418 g/mol. The fraction of sp³-hybridized carbons (Fsp3) is 0.130. The third kappa shape index (κ3) is 3.31. The Morgan fingerprint density at radius 2 is 1.97 bits per heavy atom. The van der Waals surface area contributed by atoms with Crippen molar-refractivity contribution in [3.63, 3.8) is 0 Å². The van der Waals surface area contributed by atoms with E-state index < -0.39 is 0 Å². The predicted molar refractivity (Wildman–Crippen MR) is 123 cm³/mol. The maximum atomic E-state index is 13.1. The molecule has 0 radical (unpaired) electrons. The van der Waals surface area contributed by atoms with Gasteiger partial charge in [-0.3, -0.25) is 5.43 Å². The number of fused-ring (bicyclic) bond motifs is 3. The highest BCUT2D eigenvalue weighted by Gasteiger charge is 2.17. The van der Waals surface area contributed by atoms with E-state index >= 15 is 0 Å². The number of nitrogens with zero attached hydrogens (tertiary/aromatic N) is 3. The molecular formula is C23H20FN5S. The van der Waals surface area contributed by atoms with Gasteiger partial charge in [-0.05, 0) is 54.3 Å². The number of halogens is 1. The molecular weight excluding hydrogens is 397 g/mol. The van der Waals surface area contributed by atoms with Crippen molar-refractivity contribution < 1.29 is 4.39 Å². The summed E-state index contributed by atoms with van der Waals surface area (Å²) in [5.74, 6) is -0.241. The molecule has 2 N–H and O–H groups in total. The summed E-state index contributed by atoms with van der Waals surface area (Å²) in [6, 6.07) is 16.9. The molecule has 1 aliphatic heterocycles. The lowest BCUT2D eigenvalue weighted by Crippen LogP contribution is -2.31. The molecule has 30 heavy (non-hydrogen) atoms. The Hall–Kier alpha value is -3.32. The van der Waals surface area contributed by atoms with E-state index in [-0.39, 0.29) is 11.3 Å². The zero-order chi connectivity index (χ0) is 20.7. The first-order chi connectivity index (χ1) is 14.6. The summed E-state index contributed by atoms with van der Waals surface area (Å²) < 4.78 is 15.3. The molecule has 2 aromatic heterocycles. The first-order valence-corrected chi connectivity index (χ1v) is 10.6. The van der Waals surface area contributed by atoms with E-state index in [0.29, 0.717) is 0 Å². The van der Waals surface area contributed by atoms with Gasteiger partial charge >= 0.3 is 0 Å². The van der Waals surface area contributed by atoms with Crippen molar-refractivity contribution >= 4 is 45.5 Å². The maximum absolute atomic E-state index is 13.1. The van der Waals surface area contributed by atoms with E-state index in [1.54, 1.807) is 30.1 Å². The van der Waals surface area contributed by atoms with Crippen molar-refractivity contribution in [1.29, 1.82) is 0 Å². The van der Waals surface area contributed by atoms with Crippen LogP contribution in [-0.2, 0) is 7.05 Å². The van der Waals surface area contributed by atoms with Gasteiger partial charge in [0.05, 0.1) is 28.8 Å². The van der Waals surface area contributed by atoms with Crippen LogP contribution in [0.2, 0.25) is 0 Å². The number of benzene rings is 2. The van der Waals surface area contributed by atoms with Crippen molar-refractivity contribution in [2.75, 3.05) is 0 Å². The van der Waals surface area contributed by atoms with Crippen LogP contribution in [-0.4, -0.2) is 21.3 Å². The molecule has 7 heteroatoms. The second-order valence-corrected chi connectivity index (χ2v) is 8.17. The molecule has 0 amide bonds. The highest BCUT2D eigenvalue weighted by atomic mass is 32.2. The molecule has 3 heterocycles. The number of para-hydroxylation sites is 1. The second kappa shape index (κ2) is 7.50. The number of hydrogen-bond acceptors (Lipinski definition) is 5. The number of pyridine rings is 1. The second-order valence-electron chi connectivity index (χ2n) is 7.19. The van der Waals surface area contributed by atoms with E-state index in [0.717, 1.165) is 28.2 Å². The van der Waals surface area contributed by atoms with Crippen LogP contribution in [0.4, 0.5) is 4.39 Å². The van der Waals surface area contributed by atoms with Crippen molar-refractivity contribution in [2.24, 2.45) is 12.1 Å². The van der Waals surface area contributed by atoms with Gasteiger partial charge in [0, 0.05) is 23.3 Å². The van der Waals surface area contributed by atoms with Gasteiger partial charge in [0.1, 0.15) is 5.82 Å². The van der Waals surface area contributed by atoms with Gasteiger partial charge < -0.3 is 9.88 Å². The third-order valence-corrected chi connectivity index (χ3v) is 6.10. The van der Waals surface area contributed by atoms with Crippen LogP contribution < -0.4 is 10.7 Å². The van der Waals surface area contributed by atoms with Gasteiger partial charge in [0.15, 0.2) is 5.50 Å². The minimum absolute atomic E-state index is 0.0938. The summed E-state index contributed by atoms with van der Waals surface area (Å²) in [6.45, 7) is 2.03. The molecule has 150 valence electrons. The number of aryl methyl sites for hydroxylation is 2. The summed E-state index contributed by atoms with van der Waals surface area (Å²) in [6.07, 6.45) is 1.74. The van der Waals surface area contributed by atoms with E-state index in [1.807, 2.05) is 12.3 Å². The molecule has 1 unspecified atom stereocenters. The first kappa shape index (κ1) is 18.7. The highest BCUT2D eigenvalue weighted by molar-refractivity contribution is 8.03. The molecule has 0 saturated carbocycles. The zero-order valence-corrected chi connectivity index (χ0v) is 17.4. The van der Waals surface area contributed by atoms with Gasteiger partial charge in [-0.25, -0.2) is 9.37 Å². The van der Waals surface area contributed by atoms with Gasteiger partial charge in [-0.2, -0.15) is 5.10 Å². The van der Waals surface area contributed by atoms with E-state index in [4.69, 9.17) is 4.98 Å². The maximum Gasteiger partial charge on any atom is 0.165 e. The number of aromatic nitrogens is 2. The number of hydrazone groups is 1. The van der Waals surface area contributed by atoms with Crippen LogP contribution in [0.3, 0.4) is 0 Å². The normalized spacial score (nSPS) is 16.4. The minimum Gasteiger partial charge on any atom is -0.355 e. The Morgan fingerprint density at radius 1 is 1.17 bits per heavy atom. The lowest BCUT2D eigenvalue weighted by atomic mass is 10.1. The van der Waals surface area contributed by atoms with E-state index in [1.165, 1.54) is 28.4 Å². The Labute approximate surface area is 177 Å². The fourth-order valence-corrected chi connectivity index (χ4v) is 4.65. The zero-order valence-electron chi connectivity index (χ0n) is 16.6. The van der Waals surface area contributed by atoms with Crippen LogP contribution in [0.1, 0.15) is 17.0 Å². The van der Waals surface area contributed by atoms with Crippen LogP contribution in [0.25, 0.3) is 27.5 Å². The lowest BCUT2D eigenvalue weighted by Gasteiger charge is -2.12. The molecule has 5 rings (SSSR count). The summed E-state index contributed by atoms with van der Waals surface area (Å²) in [5.41, 5.74) is 9.00. The molecule has 1 atom stereocenters. The molecule has 4 aromatic rings. The predicted octanol–water partition coefficient (Wildman–Crippen LogP) is 4.72. The molecule has 0 bridgehead atoms. The van der Waals surface area contributed by atoms with Crippen LogP contribution in [0, 0.1) is 12.7 Å². The number of nitrogens with one attached hydrogen (secondary N) is 2. The van der Waals surface area contributed by atoms with Crippen molar-refractivity contribution in [3.8, 4) is 0 Å². The van der Waals surface area contributed by atoms with Crippen molar-refractivity contribution in [1.82, 2.24) is 20.3 Å². The molecule has 1 aliphatic rings. The standard InChI is InChI=1S/C23H20FN5S/c1-14-22-19(18-5-3-4-6-21(18)29(22)2)11-17(26-14)12-25-28-23-27-20(13-30-23)15-7-9-16(24)10-8-15/h3-13,23,27-28H,1-2H3/b25-12+. The van der Waals surface area contributed by atoms with Gasteiger partial charge in [0.25, 0.3) is 0 Å². The summed E-state index contributed by atoms with van der Waals surface area (Å²) >= 11 is 1.58. The molecule has 2 aromatic carbocycles. The average Bonchev–Trinajstić information content (AvgIpc) is 3.33. The Bertz CT molecular complexity index is 1310. The summed E-state index contributed by atoms with van der Waals surface area (Å²) in [4.78, 5) is 4.71. The molecule has 0 spiro atoms. The topological polar surface area (TPSA) is 54.2 Å². The SMILES string of the molecule is Cc1nc(/C=N/NC2NC(c3ccc(F)cc3)=CS2)cc2c3ccccc3n(C)c12. The number of rotatable bonds is 4. The number of hydrogen-bond donors (Lipinski definition) is 2. The van der Waals surface area contributed by atoms with Crippen molar-refractivity contribution in [3.05, 3.63) is 82.8 Å². The smallest absolute Gasteiger partial charge is 0.165 e. The summed E-state index contributed by atoms with van der Waals surface area (Å²) in [7, 11) is 2.07. The van der Waals surface area contributed by atoms with Crippen LogP contribution in [0.5, 0.6) is 0 Å². The largest absolute Gasteiger partial charge is 0.355 e.